The third-order valence-corrected chi connectivity index (χ3v) is 6.09. The van der Waals surface area contributed by atoms with E-state index in [-0.39, 0.29) is 11.2 Å². The van der Waals surface area contributed by atoms with Crippen LogP contribution in [0.5, 0.6) is 0 Å². The number of aromatic nitrogens is 4. The molecule has 9 heteroatoms. The van der Waals surface area contributed by atoms with Crippen LogP contribution in [-0.4, -0.2) is 30.9 Å². The number of carbonyl (C=O) groups is 1. The molecule has 1 aliphatic carbocycles. The summed E-state index contributed by atoms with van der Waals surface area (Å²) in [6, 6.07) is 7.86. The minimum absolute atomic E-state index is 0.132. The number of pyridine rings is 1. The van der Waals surface area contributed by atoms with Crippen LogP contribution in [0.4, 0.5) is 5.82 Å². The van der Waals surface area contributed by atoms with Gasteiger partial charge in [-0.3, -0.25) is 9.36 Å². The number of halogens is 1. The number of anilines is 1. The number of hydrogen-bond donors (Lipinski definition) is 1. The molecule has 1 fully saturated rings. The van der Waals surface area contributed by atoms with Crippen molar-refractivity contribution >= 4 is 46.4 Å². The van der Waals surface area contributed by atoms with Gasteiger partial charge in [0, 0.05) is 12.2 Å². The van der Waals surface area contributed by atoms with Crippen molar-refractivity contribution in [2.75, 3.05) is 5.32 Å². The Kier molecular flexibility index (Phi) is 4.97. The van der Waals surface area contributed by atoms with Gasteiger partial charge >= 0.3 is 0 Å². The summed E-state index contributed by atoms with van der Waals surface area (Å²) in [5.41, 5.74) is 0. The van der Waals surface area contributed by atoms with Crippen molar-refractivity contribution in [1.82, 2.24) is 19.7 Å². The average Bonchev–Trinajstić information content (AvgIpc) is 3.16. The first-order valence-electron chi connectivity index (χ1n) is 8.19. The Balaban J connectivity index is 1.50. The Hall–Kier alpha value is -1.90. The van der Waals surface area contributed by atoms with E-state index in [1.165, 1.54) is 18.0 Å². The minimum Gasteiger partial charge on any atom is -0.310 e. The van der Waals surface area contributed by atoms with E-state index >= 15 is 0 Å². The zero-order valence-corrected chi connectivity index (χ0v) is 16.3. The lowest BCUT2D eigenvalue weighted by molar-refractivity contribution is -0.115. The lowest BCUT2D eigenvalue weighted by Gasteiger charge is -2.12. The summed E-state index contributed by atoms with van der Waals surface area (Å²) in [5.74, 6) is 1.24. The van der Waals surface area contributed by atoms with E-state index in [1.54, 1.807) is 23.5 Å². The first kappa shape index (κ1) is 17.5. The van der Waals surface area contributed by atoms with Crippen molar-refractivity contribution in [3.05, 3.63) is 40.9 Å². The fourth-order valence-corrected chi connectivity index (χ4v) is 4.22. The standard InChI is InChI=1S/C17H16ClN5OS2/c1-10(16(24)20-14-7-4-11(18)9-19-14)26-17-22-21-15(13-3-2-8-25-13)23(17)12-5-6-12/h2-4,7-10,12H,5-6H2,1H3,(H,19,20,24)/t10-/m1/s1. The Morgan fingerprint density at radius 3 is 2.88 bits per heavy atom. The summed E-state index contributed by atoms with van der Waals surface area (Å²) >= 11 is 8.88. The van der Waals surface area contributed by atoms with E-state index in [4.69, 9.17) is 11.6 Å². The van der Waals surface area contributed by atoms with Crippen LogP contribution in [0.1, 0.15) is 25.8 Å². The average molecular weight is 406 g/mol. The van der Waals surface area contributed by atoms with Crippen molar-refractivity contribution in [2.24, 2.45) is 0 Å². The number of nitrogens with one attached hydrogen (secondary N) is 1. The number of carbonyl (C=O) groups excluding carboxylic acids is 1. The van der Waals surface area contributed by atoms with Gasteiger partial charge in [-0.1, -0.05) is 29.4 Å². The van der Waals surface area contributed by atoms with Gasteiger partial charge in [-0.15, -0.1) is 21.5 Å². The molecule has 0 aliphatic heterocycles. The molecule has 134 valence electrons. The van der Waals surface area contributed by atoms with Crippen molar-refractivity contribution in [2.45, 2.75) is 36.2 Å². The number of amides is 1. The fraction of sp³-hybridized carbons (Fsp3) is 0.294. The van der Waals surface area contributed by atoms with Crippen LogP contribution in [0.2, 0.25) is 5.02 Å². The third kappa shape index (κ3) is 3.77. The highest BCUT2D eigenvalue weighted by Crippen LogP contribution is 2.42. The van der Waals surface area contributed by atoms with Crippen molar-refractivity contribution in [3.63, 3.8) is 0 Å². The smallest absolute Gasteiger partial charge is 0.238 e. The van der Waals surface area contributed by atoms with E-state index in [1.807, 2.05) is 24.4 Å². The van der Waals surface area contributed by atoms with Crippen LogP contribution < -0.4 is 5.32 Å². The van der Waals surface area contributed by atoms with E-state index in [2.05, 4.69) is 25.1 Å². The SMILES string of the molecule is C[C@@H](Sc1nnc(-c2cccs2)n1C1CC1)C(=O)Nc1ccc(Cl)cn1. The molecule has 1 saturated carbocycles. The van der Waals surface area contributed by atoms with Crippen molar-refractivity contribution in [1.29, 1.82) is 0 Å². The number of rotatable bonds is 6. The normalized spacial score (nSPS) is 15.0. The minimum atomic E-state index is -0.328. The maximum absolute atomic E-state index is 12.5. The molecular weight excluding hydrogens is 390 g/mol. The molecule has 0 radical (unpaired) electrons. The predicted molar refractivity (Wildman–Crippen MR) is 105 cm³/mol. The Labute approximate surface area is 164 Å². The van der Waals surface area contributed by atoms with Gasteiger partial charge in [0.25, 0.3) is 0 Å². The first-order valence-corrected chi connectivity index (χ1v) is 10.3. The van der Waals surface area contributed by atoms with Crippen LogP contribution >= 0.6 is 34.7 Å². The topological polar surface area (TPSA) is 72.7 Å². The molecule has 0 aromatic carbocycles. The number of thioether (sulfide) groups is 1. The van der Waals surface area contributed by atoms with Gasteiger partial charge in [-0.25, -0.2) is 4.98 Å². The molecule has 1 aliphatic rings. The largest absolute Gasteiger partial charge is 0.310 e. The van der Waals surface area contributed by atoms with E-state index in [9.17, 15) is 4.79 Å². The van der Waals surface area contributed by atoms with Crippen molar-refractivity contribution in [3.8, 4) is 10.7 Å². The van der Waals surface area contributed by atoms with E-state index in [0.717, 1.165) is 28.7 Å². The zero-order valence-electron chi connectivity index (χ0n) is 13.9. The third-order valence-electron chi connectivity index (χ3n) is 3.95. The molecule has 0 bridgehead atoms. The number of thiophene rings is 1. The molecule has 3 aromatic heterocycles. The maximum Gasteiger partial charge on any atom is 0.238 e. The van der Waals surface area contributed by atoms with Gasteiger partial charge in [0.05, 0.1) is 15.1 Å². The summed E-state index contributed by atoms with van der Waals surface area (Å²) < 4.78 is 2.17. The molecule has 0 saturated heterocycles. The first-order chi connectivity index (χ1) is 12.6. The molecule has 0 unspecified atom stereocenters. The van der Waals surface area contributed by atoms with Gasteiger partial charge in [-0.05, 0) is 43.3 Å². The zero-order chi connectivity index (χ0) is 18.1. The second-order valence-corrected chi connectivity index (χ2v) is 8.69. The molecule has 4 rings (SSSR count). The second kappa shape index (κ2) is 7.38. The second-order valence-electron chi connectivity index (χ2n) is 6.00. The molecule has 26 heavy (non-hydrogen) atoms. The van der Waals surface area contributed by atoms with Crippen LogP contribution in [0.25, 0.3) is 10.7 Å². The monoisotopic (exact) mass is 405 g/mol. The summed E-state index contributed by atoms with van der Waals surface area (Å²) in [6.45, 7) is 1.85. The quantitative estimate of drug-likeness (QED) is 0.611. The molecule has 6 nitrogen and oxygen atoms in total. The molecular formula is C17H16ClN5OS2. The van der Waals surface area contributed by atoms with Gasteiger partial charge < -0.3 is 5.32 Å². The summed E-state index contributed by atoms with van der Waals surface area (Å²) in [4.78, 5) is 17.7. The van der Waals surface area contributed by atoms with Gasteiger partial charge in [0.1, 0.15) is 5.82 Å². The highest BCUT2D eigenvalue weighted by Gasteiger charge is 2.31. The van der Waals surface area contributed by atoms with Crippen molar-refractivity contribution < 1.29 is 4.79 Å². The highest BCUT2D eigenvalue weighted by atomic mass is 35.5. The molecule has 3 aromatic rings. The van der Waals surface area contributed by atoms with Gasteiger partial charge in [0.15, 0.2) is 11.0 Å². The van der Waals surface area contributed by atoms with Gasteiger partial charge in [-0.2, -0.15) is 0 Å². The van der Waals surface area contributed by atoms with E-state index in [0.29, 0.717) is 16.9 Å². The molecule has 0 spiro atoms. The molecule has 3 heterocycles. The summed E-state index contributed by atoms with van der Waals surface area (Å²) in [6.07, 6.45) is 3.75. The predicted octanol–water partition coefficient (Wildman–Crippen LogP) is 4.51. The summed E-state index contributed by atoms with van der Waals surface area (Å²) in [7, 11) is 0. The number of nitrogens with zero attached hydrogens (tertiary/aromatic N) is 4. The number of hydrogen-bond acceptors (Lipinski definition) is 6. The Morgan fingerprint density at radius 2 is 2.23 bits per heavy atom. The Bertz CT molecular complexity index is 906. The molecule has 1 amide bonds. The maximum atomic E-state index is 12.5. The summed E-state index contributed by atoms with van der Waals surface area (Å²) in [5, 5.41) is 14.5. The van der Waals surface area contributed by atoms with E-state index < -0.39 is 0 Å². The molecule has 1 N–H and O–H groups in total. The van der Waals surface area contributed by atoms with Crippen LogP contribution in [0.3, 0.4) is 0 Å². The van der Waals surface area contributed by atoms with Crippen LogP contribution in [-0.2, 0) is 4.79 Å². The fourth-order valence-electron chi connectivity index (χ4n) is 2.48. The van der Waals surface area contributed by atoms with Crippen LogP contribution in [0, 0.1) is 0 Å². The lowest BCUT2D eigenvalue weighted by atomic mass is 10.4. The lowest BCUT2D eigenvalue weighted by Crippen LogP contribution is -2.23. The highest BCUT2D eigenvalue weighted by molar-refractivity contribution is 8.00. The van der Waals surface area contributed by atoms with Gasteiger partial charge in [0.2, 0.25) is 5.91 Å². The van der Waals surface area contributed by atoms with Crippen LogP contribution in [0.15, 0.2) is 41.0 Å². The molecule has 1 atom stereocenters. The Morgan fingerprint density at radius 1 is 1.38 bits per heavy atom.